The van der Waals surface area contributed by atoms with Crippen LogP contribution in [0.5, 0.6) is 5.75 Å². The zero-order valence-corrected chi connectivity index (χ0v) is 10.1. The van der Waals surface area contributed by atoms with Gasteiger partial charge in [0.05, 0.1) is 0 Å². The molecule has 1 aromatic carbocycles. The molecule has 2 rings (SSSR count). The third-order valence-electron chi connectivity index (χ3n) is 3.45. The fourth-order valence-electron chi connectivity index (χ4n) is 2.10. The Labute approximate surface area is 104 Å². The molecule has 0 amide bonds. The van der Waals surface area contributed by atoms with Gasteiger partial charge in [0.25, 0.3) is 0 Å². The summed E-state index contributed by atoms with van der Waals surface area (Å²) in [7, 11) is 0. The Bertz CT molecular complexity index is 409. The van der Waals surface area contributed by atoms with Gasteiger partial charge in [-0.2, -0.15) is 13.2 Å². The fraction of sp³-hybridized carbons (Fsp3) is 0.538. The number of aromatic hydroxyl groups is 1. The van der Waals surface area contributed by atoms with E-state index in [1.807, 2.05) is 6.92 Å². The summed E-state index contributed by atoms with van der Waals surface area (Å²) in [5, 5.41) is 11.9. The second-order valence-electron chi connectivity index (χ2n) is 4.78. The van der Waals surface area contributed by atoms with E-state index in [2.05, 4.69) is 5.32 Å². The Hall–Kier alpha value is -1.23. The maximum absolute atomic E-state index is 12.9. The highest BCUT2D eigenvalue weighted by molar-refractivity contribution is 5.28. The van der Waals surface area contributed by atoms with Crippen LogP contribution >= 0.6 is 0 Å². The molecular formula is C13H16F3NO. The van der Waals surface area contributed by atoms with E-state index in [0.717, 1.165) is 5.56 Å². The number of alkyl halides is 3. The maximum Gasteiger partial charge on any atom is 0.406 e. The molecule has 100 valence electrons. The third kappa shape index (κ3) is 2.46. The number of phenols is 1. The van der Waals surface area contributed by atoms with Gasteiger partial charge in [0.1, 0.15) is 11.3 Å². The van der Waals surface area contributed by atoms with E-state index in [0.29, 0.717) is 6.42 Å². The van der Waals surface area contributed by atoms with E-state index in [4.69, 9.17) is 0 Å². The van der Waals surface area contributed by atoms with Gasteiger partial charge in [0.15, 0.2) is 0 Å². The van der Waals surface area contributed by atoms with Gasteiger partial charge in [0, 0.05) is 6.04 Å². The number of hydrogen-bond acceptors (Lipinski definition) is 2. The summed E-state index contributed by atoms with van der Waals surface area (Å²) in [4.78, 5) is 0. The Morgan fingerprint density at radius 3 is 2.22 bits per heavy atom. The van der Waals surface area contributed by atoms with Crippen molar-refractivity contribution in [2.75, 3.05) is 0 Å². The minimum Gasteiger partial charge on any atom is -0.508 e. The maximum atomic E-state index is 12.9. The molecule has 0 aliphatic heterocycles. The largest absolute Gasteiger partial charge is 0.508 e. The fourth-order valence-corrected chi connectivity index (χ4v) is 2.10. The molecule has 18 heavy (non-hydrogen) atoms. The van der Waals surface area contributed by atoms with Gasteiger partial charge >= 0.3 is 6.18 Å². The monoisotopic (exact) mass is 259 g/mol. The van der Waals surface area contributed by atoms with Crippen molar-refractivity contribution in [3.8, 4) is 5.75 Å². The lowest BCUT2D eigenvalue weighted by molar-refractivity contribution is -0.168. The number of rotatable bonds is 4. The van der Waals surface area contributed by atoms with Gasteiger partial charge in [-0.15, -0.1) is 0 Å². The van der Waals surface area contributed by atoms with Crippen molar-refractivity contribution in [2.45, 2.75) is 43.9 Å². The molecule has 2 nitrogen and oxygen atoms in total. The Morgan fingerprint density at radius 2 is 1.83 bits per heavy atom. The van der Waals surface area contributed by atoms with Crippen LogP contribution in [0.4, 0.5) is 13.2 Å². The van der Waals surface area contributed by atoms with Crippen LogP contribution in [0, 0.1) is 0 Å². The van der Waals surface area contributed by atoms with E-state index in [9.17, 15) is 18.3 Å². The molecule has 0 radical (unpaired) electrons. The molecule has 5 heteroatoms. The minimum absolute atomic E-state index is 0.116. The van der Waals surface area contributed by atoms with Crippen molar-refractivity contribution < 1.29 is 18.3 Å². The van der Waals surface area contributed by atoms with E-state index < -0.39 is 11.7 Å². The van der Waals surface area contributed by atoms with Crippen LogP contribution in [-0.4, -0.2) is 16.8 Å². The molecule has 1 saturated carbocycles. The first-order valence-corrected chi connectivity index (χ1v) is 6.01. The summed E-state index contributed by atoms with van der Waals surface area (Å²) in [6, 6.07) is 5.96. The predicted octanol–water partition coefficient (Wildman–Crippen LogP) is 3.53. The highest BCUT2D eigenvalue weighted by Gasteiger charge is 2.63. The number of hydrogen-bond donors (Lipinski definition) is 2. The lowest BCUT2D eigenvalue weighted by Crippen LogP contribution is -2.46. The summed E-state index contributed by atoms with van der Waals surface area (Å²) in [6.45, 7) is 1.84. The van der Waals surface area contributed by atoms with Gasteiger partial charge < -0.3 is 5.11 Å². The van der Waals surface area contributed by atoms with E-state index >= 15 is 0 Å². The molecule has 0 heterocycles. The minimum atomic E-state index is -4.20. The lowest BCUT2D eigenvalue weighted by Gasteiger charge is -2.27. The second-order valence-corrected chi connectivity index (χ2v) is 4.78. The third-order valence-corrected chi connectivity index (χ3v) is 3.45. The van der Waals surface area contributed by atoms with Crippen LogP contribution in [0.15, 0.2) is 24.3 Å². The molecule has 2 N–H and O–H groups in total. The van der Waals surface area contributed by atoms with Crippen molar-refractivity contribution in [1.82, 2.24) is 5.32 Å². The van der Waals surface area contributed by atoms with E-state index in [1.165, 1.54) is 12.1 Å². The molecule has 0 aromatic heterocycles. The normalized spacial score (nSPS) is 19.6. The average Bonchev–Trinajstić information content (AvgIpc) is 3.07. The van der Waals surface area contributed by atoms with Crippen LogP contribution in [0.3, 0.4) is 0 Å². The van der Waals surface area contributed by atoms with Crippen molar-refractivity contribution in [3.05, 3.63) is 29.8 Å². The zero-order chi connectivity index (χ0) is 13.4. The SMILES string of the molecule is CCC(NC1(C(F)(F)F)CC1)c1ccc(O)cc1. The summed E-state index contributed by atoms with van der Waals surface area (Å²) >= 11 is 0. The zero-order valence-electron chi connectivity index (χ0n) is 10.1. The average molecular weight is 259 g/mol. The number of nitrogens with one attached hydrogen (secondary N) is 1. The summed E-state index contributed by atoms with van der Waals surface area (Å²) < 4.78 is 38.6. The van der Waals surface area contributed by atoms with Crippen LogP contribution in [0.2, 0.25) is 0 Å². The van der Waals surface area contributed by atoms with Gasteiger partial charge in [-0.25, -0.2) is 0 Å². The van der Waals surface area contributed by atoms with Crippen molar-refractivity contribution in [2.24, 2.45) is 0 Å². The molecule has 0 spiro atoms. The number of phenolic OH excluding ortho intramolecular Hbond substituents is 1. The molecule has 1 unspecified atom stereocenters. The Balaban J connectivity index is 2.13. The quantitative estimate of drug-likeness (QED) is 0.867. The summed E-state index contributed by atoms with van der Waals surface area (Å²) in [6.07, 6.45) is -3.34. The van der Waals surface area contributed by atoms with Gasteiger partial charge in [-0.05, 0) is 37.0 Å². The predicted molar refractivity (Wildman–Crippen MR) is 62.3 cm³/mol. The summed E-state index contributed by atoms with van der Waals surface area (Å²) in [5.74, 6) is 0.116. The molecular weight excluding hydrogens is 243 g/mol. The molecule has 1 aliphatic rings. The molecule has 1 fully saturated rings. The lowest BCUT2D eigenvalue weighted by atomic mass is 10.0. The molecule has 0 bridgehead atoms. The van der Waals surface area contributed by atoms with Crippen LogP contribution in [0.25, 0.3) is 0 Å². The Morgan fingerprint density at radius 1 is 1.28 bits per heavy atom. The number of halogens is 3. The molecule has 1 aromatic rings. The standard InChI is InChI=1S/C13H16F3NO/c1-2-11(9-3-5-10(18)6-4-9)17-12(7-8-12)13(14,15)16/h3-6,11,17-18H,2,7-8H2,1H3. The first-order valence-electron chi connectivity index (χ1n) is 6.01. The first kappa shape index (κ1) is 13.2. The number of benzene rings is 1. The van der Waals surface area contributed by atoms with E-state index in [-0.39, 0.29) is 24.6 Å². The molecule has 0 saturated heterocycles. The van der Waals surface area contributed by atoms with E-state index in [1.54, 1.807) is 12.1 Å². The van der Waals surface area contributed by atoms with Gasteiger partial charge in [-0.1, -0.05) is 19.1 Å². The van der Waals surface area contributed by atoms with Crippen LogP contribution < -0.4 is 5.32 Å². The van der Waals surface area contributed by atoms with Crippen LogP contribution in [0.1, 0.15) is 37.8 Å². The first-order chi connectivity index (χ1) is 8.38. The van der Waals surface area contributed by atoms with Gasteiger partial charge in [0.2, 0.25) is 0 Å². The highest BCUT2D eigenvalue weighted by atomic mass is 19.4. The molecule has 1 atom stereocenters. The smallest absolute Gasteiger partial charge is 0.406 e. The van der Waals surface area contributed by atoms with Crippen molar-refractivity contribution in [1.29, 1.82) is 0 Å². The van der Waals surface area contributed by atoms with Crippen molar-refractivity contribution in [3.63, 3.8) is 0 Å². The van der Waals surface area contributed by atoms with Crippen molar-refractivity contribution >= 4 is 0 Å². The van der Waals surface area contributed by atoms with Gasteiger partial charge in [-0.3, -0.25) is 5.32 Å². The van der Waals surface area contributed by atoms with Crippen LogP contribution in [-0.2, 0) is 0 Å². The topological polar surface area (TPSA) is 32.3 Å². The second kappa shape index (κ2) is 4.46. The Kier molecular flexibility index (Phi) is 3.27. The summed E-state index contributed by atoms with van der Waals surface area (Å²) in [5.41, 5.74) is -0.934. The highest BCUT2D eigenvalue weighted by Crippen LogP contribution is 2.50. The molecule has 1 aliphatic carbocycles.